The van der Waals surface area contributed by atoms with Crippen molar-refractivity contribution in [2.45, 2.75) is 25.3 Å². The highest BCUT2D eigenvalue weighted by Crippen LogP contribution is 2.09. The molecule has 1 fully saturated rings. The Morgan fingerprint density at radius 3 is 3.00 bits per heavy atom. The largest absolute Gasteiger partial charge is 0.397 e. The second-order valence-corrected chi connectivity index (χ2v) is 4.29. The molecule has 1 aromatic heterocycles. The Hall–Kier alpha value is -2.44. The van der Waals surface area contributed by atoms with Crippen LogP contribution in [0.25, 0.3) is 0 Å². The van der Waals surface area contributed by atoms with Gasteiger partial charge in [-0.15, -0.1) is 0 Å². The van der Waals surface area contributed by atoms with Crippen molar-refractivity contribution < 1.29 is 14.4 Å². The van der Waals surface area contributed by atoms with Gasteiger partial charge < -0.3 is 11.1 Å². The molecule has 1 atom stereocenters. The Kier molecular flexibility index (Phi) is 3.74. The smallest absolute Gasteiger partial charge is 0.249 e. The van der Waals surface area contributed by atoms with Gasteiger partial charge in [0.05, 0.1) is 17.8 Å². The fraction of sp³-hybridized carbons (Fsp3) is 0.333. The van der Waals surface area contributed by atoms with Gasteiger partial charge >= 0.3 is 0 Å². The van der Waals surface area contributed by atoms with Crippen molar-refractivity contribution in [2.75, 3.05) is 5.73 Å². The summed E-state index contributed by atoms with van der Waals surface area (Å²) in [5.41, 5.74) is 6.58. The van der Waals surface area contributed by atoms with Gasteiger partial charge in [-0.25, -0.2) is 0 Å². The molecule has 7 heteroatoms. The molecule has 1 aliphatic rings. The SMILES string of the molecule is Nc1cccnc1CC(=O)NC1CCC(=O)NC1=O. The first-order chi connectivity index (χ1) is 9.06. The number of hydrogen-bond donors (Lipinski definition) is 3. The number of hydrogen-bond acceptors (Lipinski definition) is 5. The van der Waals surface area contributed by atoms with Crippen molar-refractivity contribution in [1.82, 2.24) is 15.6 Å². The number of carbonyl (C=O) groups excluding carboxylic acids is 3. The van der Waals surface area contributed by atoms with Gasteiger partial charge in [-0.1, -0.05) is 0 Å². The predicted octanol–water partition coefficient (Wildman–Crippen LogP) is -0.872. The number of nitrogens with two attached hydrogens (primary N) is 1. The van der Waals surface area contributed by atoms with Gasteiger partial charge in [0.2, 0.25) is 17.7 Å². The van der Waals surface area contributed by atoms with Crippen molar-refractivity contribution in [1.29, 1.82) is 0 Å². The van der Waals surface area contributed by atoms with E-state index < -0.39 is 11.9 Å². The van der Waals surface area contributed by atoms with E-state index in [1.54, 1.807) is 18.3 Å². The Bertz CT molecular complexity index is 529. The fourth-order valence-corrected chi connectivity index (χ4v) is 1.83. The summed E-state index contributed by atoms with van der Waals surface area (Å²) in [6.45, 7) is 0. The molecule has 0 radical (unpaired) electrons. The molecule has 2 heterocycles. The molecule has 1 aliphatic heterocycles. The number of imide groups is 1. The van der Waals surface area contributed by atoms with Crippen LogP contribution in [0.15, 0.2) is 18.3 Å². The van der Waals surface area contributed by atoms with Gasteiger partial charge in [0.25, 0.3) is 0 Å². The van der Waals surface area contributed by atoms with Gasteiger partial charge in [0.15, 0.2) is 0 Å². The maximum atomic E-state index is 11.8. The number of anilines is 1. The Labute approximate surface area is 109 Å². The second kappa shape index (κ2) is 5.47. The van der Waals surface area contributed by atoms with Crippen LogP contribution in [0.3, 0.4) is 0 Å². The van der Waals surface area contributed by atoms with E-state index in [-0.39, 0.29) is 24.7 Å². The van der Waals surface area contributed by atoms with Gasteiger partial charge in [-0.2, -0.15) is 0 Å². The highest BCUT2D eigenvalue weighted by molar-refractivity contribution is 6.01. The summed E-state index contributed by atoms with van der Waals surface area (Å²) in [7, 11) is 0. The van der Waals surface area contributed by atoms with Crippen LogP contribution in [-0.4, -0.2) is 28.7 Å². The van der Waals surface area contributed by atoms with Gasteiger partial charge in [-0.05, 0) is 18.6 Å². The Morgan fingerprint density at radius 2 is 2.32 bits per heavy atom. The maximum Gasteiger partial charge on any atom is 0.249 e. The minimum Gasteiger partial charge on any atom is -0.397 e. The zero-order chi connectivity index (χ0) is 13.8. The molecule has 7 nitrogen and oxygen atoms in total. The van der Waals surface area contributed by atoms with Crippen LogP contribution < -0.4 is 16.4 Å². The number of aromatic nitrogens is 1. The molecule has 1 saturated heterocycles. The molecule has 3 amide bonds. The summed E-state index contributed by atoms with van der Waals surface area (Å²) < 4.78 is 0. The van der Waals surface area contributed by atoms with Crippen LogP contribution >= 0.6 is 0 Å². The molecule has 0 bridgehead atoms. The van der Waals surface area contributed by atoms with Gasteiger partial charge in [0.1, 0.15) is 6.04 Å². The molecule has 19 heavy (non-hydrogen) atoms. The summed E-state index contributed by atoms with van der Waals surface area (Å²) in [6.07, 6.45) is 2.09. The lowest BCUT2D eigenvalue weighted by Crippen LogP contribution is -2.52. The van der Waals surface area contributed by atoms with E-state index in [0.717, 1.165) is 0 Å². The van der Waals surface area contributed by atoms with E-state index in [0.29, 0.717) is 17.8 Å². The number of nitrogen functional groups attached to an aromatic ring is 1. The number of piperidine rings is 1. The highest BCUT2D eigenvalue weighted by atomic mass is 16.2. The van der Waals surface area contributed by atoms with Gasteiger partial charge in [-0.3, -0.25) is 24.7 Å². The molecule has 0 saturated carbocycles. The van der Waals surface area contributed by atoms with Crippen LogP contribution in [0.5, 0.6) is 0 Å². The van der Waals surface area contributed by atoms with E-state index >= 15 is 0 Å². The lowest BCUT2D eigenvalue weighted by molar-refractivity contribution is -0.137. The molecule has 4 N–H and O–H groups in total. The minimum absolute atomic E-state index is 0.00436. The molecule has 100 valence electrons. The molecule has 0 spiro atoms. The molecular weight excluding hydrogens is 248 g/mol. The molecule has 0 aromatic carbocycles. The molecule has 2 rings (SSSR count). The van der Waals surface area contributed by atoms with Gasteiger partial charge in [0, 0.05) is 12.6 Å². The van der Waals surface area contributed by atoms with E-state index in [1.807, 2.05) is 0 Å². The number of carbonyl (C=O) groups is 3. The lowest BCUT2D eigenvalue weighted by Gasteiger charge is -2.21. The van der Waals surface area contributed by atoms with Crippen molar-refractivity contribution in [3.63, 3.8) is 0 Å². The molecular formula is C12H14N4O3. The quantitative estimate of drug-likeness (QED) is 0.612. The summed E-state index contributed by atoms with van der Waals surface area (Å²) in [5, 5.41) is 4.74. The first-order valence-electron chi connectivity index (χ1n) is 5.88. The lowest BCUT2D eigenvalue weighted by atomic mass is 10.1. The van der Waals surface area contributed by atoms with Crippen molar-refractivity contribution >= 4 is 23.4 Å². The Morgan fingerprint density at radius 1 is 1.53 bits per heavy atom. The average Bonchev–Trinajstić information content (AvgIpc) is 2.36. The normalized spacial score (nSPS) is 18.8. The predicted molar refractivity (Wildman–Crippen MR) is 66.7 cm³/mol. The first-order valence-corrected chi connectivity index (χ1v) is 5.88. The third-order valence-corrected chi connectivity index (χ3v) is 2.83. The van der Waals surface area contributed by atoms with Crippen LogP contribution in [0.1, 0.15) is 18.5 Å². The zero-order valence-electron chi connectivity index (χ0n) is 10.2. The van der Waals surface area contributed by atoms with E-state index in [9.17, 15) is 14.4 Å². The van der Waals surface area contributed by atoms with Crippen molar-refractivity contribution in [3.05, 3.63) is 24.0 Å². The average molecular weight is 262 g/mol. The van der Waals surface area contributed by atoms with Crippen molar-refractivity contribution in [2.24, 2.45) is 0 Å². The van der Waals surface area contributed by atoms with Crippen molar-refractivity contribution in [3.8, 4) is 0 Å². The number of rotatable bonds is 3. The summed E-state index contributed by atoms with van der Waals surface area (Å²) in [4.78, 5) is 38.2. The first kappa shape index (κ1) is 13.0. The van der Waals surface area contributed by atoms with Crippen LogP contribution in [0, 0.1) is 0 Å². The monoisotopic (exact) mass is 262 g/mol. The zero-order valence-corrected chi connectivity index (χ0v) is 10.2. The number of nitrogens with zero attached hydrogens (tertiary/aromatic N) is 1. The van der Waals surface area contributed by atoms with Crippen LogP contribution in [-0.2, 0) is 20.8 Å². The highest BCUT2D eigenvalue weighted by Gasteiger charge is 2.27. The molecule has 1 aromatic rings. The summed E-state index contributed by atoms with van der Waals surface area (Å²) in [5.74, 6) is -1.14. The third kappa shape index (κ3) is 3.27. The molecule has 1 unspecified atom stereocenters. The third-order valence-electron chi connectivity index (χ3n) is 2.83. The topological polar surface area (TPSA) is 114 Å². The van der Waals surface area contributed by atoms with E-state index in [4.69, 9.17) is 5.73 Å². The summed E-state index contributed by atoms with van der Waals surface area (Å²) in [6, 6.07) is 2.66. The minimum atomic E-state index is -0.671. The van der Waals surface area contributed by atoms with E-state index in [1.165, 1.54) is 0 Å². The number of amides is 3. The fourth-order valence-electron chi connectivity index (χ4n) is 1.83. The number of pyridine rings is 1. The van der Waals surface area contributed by atoms with E-state index in [2.05, 4.69) is 15.6 Å². The van der Waals surface area contributed by atoms with Crippen LogP contribution in [0.4, 0.5) is 5.69 Å². The second-order valence-electron chi connectivity index (χ2n) is 4.29. The number of nitrogens with one attached hydrogen (secondary N) is 2. The standard InChI is InChI=1S/C12H14N4O3/c13-7-2-1-5-14-9(7)6-11(18)15-8-3-4-10(17)16-12(8)19/h1-2,5,8H,3-4,6,13H2,(H,15,18)(H,16,17,19). The summed E-state index contributed by atoms with van der Waals surface area (Å²) >= 11 is 0. The van der Waals surface area contributed by atoms with Crippen LogP contribution in [0.2, 0.25) is 0 Å². The molecule has 0 aliphatic carbocycles. The maximum absolute atomic E-state index is 11.8. The Balaban J connectivity index is 1.93.